The number of thioether (sulfide) groups is 1. The van der Waals surface area contributed by atoms with Gasteiger partial charge in [0.2, 0.25) is 0 Å². The molecule has 2 aliphatic heterocycles. The van der Waals surface area contributed by atoms with Crippen LogP contribution >= 0.6 is 11.8 Å². The van der Waals surface area contributed by atoms with Crippen LogP contribution in [0.25, 0.3) is 0 Å². The Bertz CT molecular complexity index is 613. The zero-order valence-electron chi connectivity index (χ0n) is 13.3. The van der Waals surface area contributed by atoms with E-state index in [0.29, 0.717) is 16.4 Å². The maximum Gasteiger partial charge on any atom is 0.175 e. The fourth-order valence-electron chi connectivity index (χ4n) is 2.97. The molecule has 5 nitrogen and oxygen atoms in total. The molecule has 0 saturated carbocycles. The van der Waals surface area contributed by atoms with Gasteiger partial charge in [-0.05, 0) is 30.5 Å². The van der Waals surface area contributed by atoms with E-state index in [2.05, 4.69) is 10.6 Å². The van der Waals surface area contributed by atoms with Crippen LogP contribution in [0.3, 0.4) is 0 Å². The van der Waals surface area contributed by atoms with Gasteiger partial charge in [-0.3, -0.25) is 5.32 Å². The predicted molar refractivity (Wildman–Crippen MR) is 93.5 cm³/mol. The molecule has 1 aromatic carbocycles. The van der Waals surface area contributed by atoms with E-state index in [1.165, 1.54) is 19.1 Å². The summed E-state index contributed by atoms with van der Waals surface area (Å²) in [6.07, 6.45) is 3.98. The largest absolute Gasteiger partial charge is 0.377 e. The van der Waals surface area contributed by atoms with Crippen molar-refractivity contribution in [2.45, 2.75) is 35.3 Å². The number of piperazine rings is 1. The third-order valence-electron chi connectivity index (χ3n) is 4.28. The molecule has 2 saturated heterocycles. The molecule has 0 spiro atoms. The van der Waals surface area contributed by atoms with Gasteiger partial charge in [0.1, 0.15) is 0 Å². The highest BCUT2D eigenvalue weighted by Crippen LogP contribution is 2.24. The summed E-state index contributed by atoms with van der Waals surface area (Å²) in [6, 6.07) is 7.40. The fourth-order valence-corrected chi connectivity index (χ4v) is 4.81. The molecule has 2 aliphatic rings. The summed E-state index contributed by atoms with van der Waals surface area (Å²) in [5.41, 5.74) is 1.12. The number of ether oxygens (including phenoxy) is 1. The average molecular weight is 357 g/mol. The number of hydrogen-bond acceptors (Lipinski definition) is 6. The lowest BCUT2D eigenvalue weighted by molar-refractivity contribution is 0.128. The maximum absolute atomic E-state index is 11.5. The lowest BCUT2D eigenvalue weighted by Crippen LogP contribution is -2.49. The van der Waals surface area contributed by atoms with Crippen LogP contribution < -0.4 is 10.6 Å². The zero-order valence-corrected chi connectivity index (χ0v) is 15.0. The van der Waals surface area contributed by atoms with Crippen LogP contribution in [0.2, 0.25) is 0 Å². The van der Waals surface area contributed by atoms with Gasteiger partial charge in [0.25, 0.3) is 0 Å². The minimum absolute atomic E-state index is 0.208. The van der Waals surface area contributed by atoms with E-state index in [-0.39, 0.29) is 6.04 Å². The van der Waals surface area contributed by atoms with E-state index in [9.17, 15) is 8.42 Å². The smallest absolute Gasteiger partial charge is 0.175 e. The molecule has 0 radical (unpaired) electrons. The molecule has 1 aromatic rings. The van der Waals surface area contributed by atoms with Crippen molar-refractivity contribution in [1.82, 2.24) is 10.6 Å². The highest BCUT2D eigenvalue weighted by atomic mass is 32.2. The summed E-state index contributed by atoms with van der Waals surface area (Å²) in [4.78, 5) is 0.370. The van der Waals surface area contributed by atoms with Crippen LogP contribution in [0.5, 0.6) is 0 Å². The summed E-state index contributed by atoms with van der Waals surface area (Å²) < 4.78 is 28.8. The van der Waals surface area contributed by atoms with Crippen molar-refractivity contribution in [3.63, 3.8) is 0 Å². The number of rotatable bonds is 5. The molecule has 2 unspecified atom stereocenters. The van der Waals surface area contributed by atoms with Gasteiger partial charge in [0.15, 0.2) is 9.84 Å². The Kier molecular flexibility index (Phi) is 5.64. The van der Waals surface area contributed by atoms with Crippen molar-refractivity contribution in [3.8, 4) is 0 Å². The van der Waals surface area contributed by atoms with E-state index < -0.39 is 9.84 Å². The molecule has 7 heteroatoms. The molecule has 3 rings (SSSR count). The normalized spacial score (nSPS) is 28.8. The molecular weight excluding hydrogens is 332 g/mol. The van der Waals surface area contributed by atoms with Gasteiger partial charge in [-0.2, -0.15) is 0 Å². The van der Waals surface area contributed by atoms with Crippen LogP contribution in [-0.4, -0.2) is 51.6 Å². The molecule has 23 heavy (non-hydrogen) atoms. The van der Waals surface area contributed by atoms with Crippen molar-refractivity contribution >= 4 is 21.6 Å². The summed E-state index contributed by atoms with van der Waals surface area (Å²) in [5.74, 6) is 1.03. The first-order valence-corrected chi connectivity index (χ1v) is 11.0. The average Bonchev–Trinajstić information content (AvgIpc) is 3.06. The quantitative estimate of drug-likeness (QED) is 0.835. The van der Waals surface area contributed by atoms with Crippen LogP contribution in [0.15, 0.2) is 29.2 Å². The Morgan fingerprint density at radius 2 is 2.04 bits per heavy atom. The minimum atomic E-state index is -3.13. The predicted octanol–water partition coefficient (Wildman–Crippen LogP) is 1.56. The standard InChI is InChI=1S/C16H24N2O3S2/c1-23(19,20)14-6-4-12(5-7-14)15-9-17-10-16(18-15)22-11-13-3-2-8-21-13/h4-7,13,15-18H,2-3,8-11H2,1H3/t13-,15?,16?/m0/s1. The second kappa shape index (κ2) is 7.53. The Hall–Kier alpha value is -0.600. The molecule has 2 heterocycles. The van der Waals surface area contributed by atoms with E-state index in [0.717, 1.165) is 31.0 Å². The second-order valence-corrected chi connectivity index (χ2v) is 9.43. The Morgan fingerprint density at radius 3 is 2.70 bits per heavy atom. The third-order valence-corrected chi connectivity index (χ3v) is 6.68. The van der Waals surface area contributed by atoms with E-state index in [1.54, 1.807) is 12.1 Å². The third kappa shape index (κ3) is 4.70. The first-order chi connectivity index (χ1) is 11.0. The van der Waals surface area contributed by atoms with Gasteiger partial charge in [0, 0.05) is 37.7 Å². The van der Waals surface area contributed by atoms with Crippen molar-refractivity contribution in [3.05, 3.63) is 29.8 Å². The first-order valence-electron chi connectivity index (χ1n) is 8.02. The van der Waals surface area contributed by atoms with Crippen molar-refractivity contribution in [2.75, 3.05) is 31.7 Å². The molecule has 0 aliphatic carbocycles. The molecule has 0 bridgehead atoms. The van der Waals surface area contributed by atoms with Gasteiger partial charge in [-0.15, -0.1) is 11.8 Å². The Labute approximate surface area is 142 Å². The molecule has 2 fully saturated rings. The highest BCUT2D eigenvalue weighted by molar-refractivity contribution is 7.99. The Balaban J connectivity index is 1.57. The molecule has 3 atom stereocenters. The van der Waals surface area contributed by atoms with Crippen LogP contribution in [0.4, 0.5) is 0 Å². The van der Waals surface area contributed by atoms with Crippen LogP contribution in [0.1, 0.15) is 24.4 Å². The molecule has 0 amide bonds. The summed E-state index contributed by atoms with van der Waals surface area (Å²) in [5, 5.41) is 7.46. The van der Waals surface area contributed by atoms with E-state index in [1.807, 2.05) is 23.9 Å². The van der Waals surface area contributed by atoms with Crippen LogP contribution in [0, 0.1) is 0 Å². The second-order valence-electron chi connectivity index (χ2n) is 6.18. The molecular formula is C16H24N2O3S2. The Morgan fingerprint density at radius 1 is 1.26 bits per heavy atom. The SMILES string of the molecule is CS(=O)(=O)c1ccc(C2CNCC(SC[C@@H]3CCCO3)N2)cc1. The van der Waals surface area contributed by atoms with E-state index >= 15 is 0 Å². The topological polar surface area (TPSA) is 67.4 Å². The van der Waals surface area contributed by atoms with Gasteiger partial charge in [0.05, 0.1) is 16.4 Å². The number of sulfone groups is 1. The maximum atomic E-state index is 11.5. The minimum Gasteiger partial charge on any atom is -0.377 e. The van der Waals surface area contributed by atoms with Gasteiger partial charge in [-0.25, -0.2) is 8.42 Å². The summed E-state index contributed by atoms with van der Waals surface area (Å²) in [6.45, 7) is 2.70. The lowest BCUT2D eigenvalue weighted by Gasteiger charge is -2.32. The summed E-state index contributed by atoms with van der Waals surface area (Å²) in [7, 11) is -3.13. The molecule has 0 aromatic heterocycles. The van der Waals surface area contributed by atoms with Crippen molar-refractivity contribution in [1.29, 1.82) is 0 Å². The summed E-state index contributed by atoms with van der Waals surface area (Å²) >= 11 is 1.91. The van der Waals surface area contributed by atoms with Crippen LogP contribution in [-0.2, 0) is 14.6 Å². The van der Waals surface area contributed by atoms with Gasteiger partial charge < -0.3 is 10.1 Å². The molecule has 2 N–H and O–H groups in total. The van der Waals surface area contributed by atoms with Crippen molar-refractivity contribution < 1.29 is 13.2 Å². The number of hydrogen-bond donors (Lipinski definition) is 2. The monoisotopic (exact) mass is 356 g/mol. The van der Waals surface area contributed by atoms with Gasteiger partial charge >= 0.3 is 0 Å². The highest BCUT2D eigenvalue weighted by Gasteiger charge is 2.24. The van der Waals surface area contributed by atoms with E-state index in [4.69, 9.17) is 4.74 Å². The number of benzene rings is 1. The first kappa shape index (κ1) is 17.2. The van der Waals surface area contributed by atoms with Gasteiger partial charge in [-0.1, -0.05) is 12.1 Å². The zero-order chi connectivity index (χ0) is 16.3. The fraction of sp³-hybridized carbons (Fsp3) is 0.625. The van der Waals surface area contributed by atoms with Crippen molar-refractivity contribution in [2.24, 2.45) is 0 Å². The number of nitrogens with one attached hydrogen (secondary N) is 2. The molecule has 128 valence electrons. The lowest BCUT2D eigenvalue weighted by atomic mass is 10.1.